The van der Waals surface area contributed by atoms with E-state index in [1.54, 1.807) is 22.5 Å². The molecule has 1 unspecified atom stereocenters. The van der Waals surface area contributed by atoms with E-state index in [2.05, 4.69) is 21.2 Å². The molecule has 1 saturated heterocycles. The van der Waals surface area contributed by atoms with Crippen molar-refractivity contribution in [1.29, 1.82) is 0 Å². The lowest BCUT2D eigenvalue weighted by Gasteiger charge is -2.18. The molecule has 1 aliphatic rings. The third-order valence-corrected chi connectivity index (χ3v) is 6.36. The number of hydrogen-bond acceptors (Lipinski definition) is 4. The molecule has 2 rings (SSSR count). The van der Waals surface area contributed by atoms with Gasteiger partial charge < -0.3 is 10.1 Å². The van der Waals surface area contributed by atoms with Crippen molar-refractivity contribution >= 4 is 26.0 Å². The molecule has 1 fully saturated rings. The Bertz CT molecular complexity index is 577. The first-order valence-electron chi connectivity index (χ1n) is 6.47. The number of methoxy groups -OCH3 is 1. The predicted octanol–water partition coefficient (Wildman–Crippen LogP) is 1.69. The lowest BCUT2D eigenvalue weighted by molar-refractivity contribution is 0.412. The van der Waals surface area contributed by atoms with Gasteiger partial charge in [-0.2, -0.15) is 4.31 Å². The SMILES string of the molecule is CNCC1CCN(S(=O)(=O)c2cc(OC)ccc2Br)C1. The third kappa shape index (κ3) is 3.16. The molecular formula is C13H19BrN2O3S. The van der Waals surface area contributed by atoms with Crippen LogP contribution in [0.3, 0.4) is 0 Å². The van der Waals surface area contributed by atoms with Crippen LogP contribution in [0.4, 0.5) is 0 Å². The first-order chi connectivity index (χ1) is 9.48. The Morgan fingerprint density at radius 3 is 2.90 bits per heavy atom. The second-order valence-corrected chi connectivity index (χ2v) is 7.63. The van der Waals surface area contributed by atoms with Crippen molar-refractivity contribution < 1.29 is 13.2 Å². The smallest absolute Gasteiger partial charge is 0.244 e. The van der Waals surface area contributed by atoms with E-state index in [-0.39, 0.29) is 4.90 Å². The van der Waals surface area contributed by atoms with Gasteiger partial charge >= 0.3 is 0 Å². The maximum atomic E-state index is 12.7. The molecule has 1 aromatic carbocycles. The second-order valence-electron chi connectivity index (χ2n) is 4.87. The Morgan fingerprint density at radius 2 is 2.25 bits per heavy atom. The minimum atomic E-state index is -3.47. The summed E-state index contributed by atoms with van der Waals surface area (Å²) < 4.78 is 32.6. The van der Waals surface area contributed by atoms with Crippen molar-refractivity contribution in [3.8, 4) is 5.75 Å². The minimum Gasteiger partial charge on any atom is -0.497 e. The van der Waals surface area contributed by atoms with E-state index in [9.17, 15) is 8.42 Å². The Hall–Kier alpha value is -0.630. The largest absolute Gasteiger partial charge is 0.497 e. The van der Waals surface area contributed by atoms with Crippen LogP contribution in [0, 0.1) is 5.92 Å². The predicted molar refractivity (Wildman–Crippen MR) is 81.5 cm³/mol. The maximum Gasteiger partial charge on any atom is 0.244 e. The van der Waals surface area contributed by atoms with Gasteiger partial charge in [0.2, 0.25) is 10.0 Å². The van der Waals surface area contributed by atoms with Crippen LogP contribution in [0.5, 0.6) is 5.75 Å². The number of nitrogens with one attached hydrogen (secondary N) is 1. The highest BCUT2D eigenvalue weighted by Crippen LogP contribution is 2.31. The normalized spacial score (nSPS) is 20.2. The fraction of sp³-hybridized carbons (Fsp3) is 0.538. The number of benzene rings is 1. The maximum absolute atomic E-state index is 12.7. The molecule has 20 heavy (non-hydrogen) atoms. The molecule has 0 radical (unpaired) electrons. The molecule has 1 atom stereocenters. The summed E-state index contributed by atoms with van der Waals surface area (Å²) in [5.74, 6) is 0.914. The van der Waals surface area contributed by atoms with E-state index < -0.39 is 10.0 Å². The van der Waals surface area contributed by atoms with Crippen molar-refractivity contribution in [2.45, 2.75) is 11.3 Å². The molecule has 0 spiro atoms. The molecule has 7 heteroatoms. The number of hydrogen-bond donors (Lipinski definition) is 1. The van der Waals surface area contributed by atoms with Gasteiger partial charge in [0, 0.05) is 23.6 Å². The van der Waals surface area contributed by atoms with E-state index in [0.29, 0.717) is 29.2 Å². The summed E-state index contributed by atoms with van der Waals surface area (Å²) in [4.78, 5) is 0.266. The number of ether oxygens (including phenoxy) is 1. The molecule has 5 nitrogen and oxygen atoms in total. The summed E-state index contributed by atoms with van der Waals surface area (Å²) in [6.45, 7) is 1.97. The molecule has 1 N–H and O–H groups in total. The molecule has 0 amide bonds. The summed E-state index contributed by atoms with van der Waals surface area (Å²) >= 11 is 3.31. The van der Waals surface area contributed by atoms with E-state index in [1.807, 2.05) is 7.05 Å². The van der Waals surface area contributed by atoms with Crippen molar-refractivity contribution in [2.75, 3.05) is 33.8 Å². The molecule has 1 aliphatic heterocycles. The van der Waals surface area contributed by atoms with Gasteiger partial charge in [-0.1, -0.05) is 0 Å². The van der Waals surface area contributed by atoms with Gasteiger partial charge in [0.25, 0.3) is 0 Å². The Balaban J connectivity index is 2.27. The van der Waals surface area contributed by atoms with Gasteiger partial charge in [-0.05, 0) is 54.0 Å². The van der Waals surface area contributed by atoms with Crippen LogP contribution in [0.15, 0.2) is 27.6 Å². The van der Waals surface area contributed by atoms with Crippen LogP contribution in [0.25, 0.3) is 0 Å². The zero-order valence-electron chi connectivity index (χ0n) is 11.6. The third-order valence-electron chi connectivity index (χ3n) is 3.50. The summed E-state index contributed by atoms with van der Waals surface area (Å²) in [7, 11) is -0.0636. The average Bonchev–Trinajstić information content (AvgIpc) is 2.89. The van der Waals surface area contributed by atoms with Gasteiger partial charge in [0.1, 0.15) is 10.6 Å². The summed E-state index contributed by atoms with van der Waals surface area (Å²) in [5.41, 5.74) is 0. The molecule has 0 bridgehead atoms. The van der Waals surface area contributed by atoms with Gasteiger partial charge in [0.15, 0.2) is 0 Å². The fourth-order valence-electron chi connectivity index (χ4n) is 2.42. The number of nitrogens with zero attached hydrogens (tertiary/aromatic N) is 1. The number of rotatable bonds is 5. The summed E-state index contributed by atoms with van der Waals surface area (Å²) in [6, 6.07) is 4.99. The number of sulfonamides is 1. The van der Waals surface area contributed by atoms with E-state index >= 15 is 0 Å². The highest BCUT2D eigenvalue weighted by molar-refractivity contribution is 9.10. The monoisotopic (exact) mass is 362 g/mol. The highest BCUT2D eigenvalue weighted by Gasteiger charge is 2.33. The Morgan fingerprint density at radius 1 is 1.50 bits per heavy atom. The average molecular weight is 363 g/mol. The first kappa shape index (κ1) is 15.8. The number of halogens is 1. The standard InChI is InChI=1S/C13H19BrN2O3S/c1-15-8-10-5-6-16(9-10)20(17,18)13-7-11(19-2)3-4-12(13)14/h3-4,7,10,15H,5-6,8-9H2,1-2H3. The van der Waals surface area contributed by atoms with Gasteiger partial charge in [-0.15, -0.1) is 0 Å². The van der Waals surface area contributed by atoms with Gasteiger partial charge in [-0.25, -0.2) is 8.42 Å². The van der Waals surface area contributed by atoms with E-state index in [0.717, 1.165) is 13.0 Å². The van der Waals surface area contributed by atoms with E-state index in [4.69, 9.17) is 4.74 Å². The van der Waals surface area contributed by atoms with Crippen LogP contribution < -0.4 is 10.1 Å². The van der Waals surface area contributed by atoms with Crippen LogP contribution in [0.1, 0.15) is 6.42 Å². The lowest BCUT2D eigenvalue weighted by Crippen LogP contribution is -2.30. The first-order valence-corrected chi connectivity index (χ1v) is 8.70. The highest BCUT2D eigenvalue weighted by atomic mass is 79.9. The van der Waals surface area contributed by atoms with E-state index in [1.165, 1.54) is 7.11 Å². The van der Waals surface area contributed by atoms with Crippen molar-refractivity contribution in [3.05, 3.63) is 22.7 Å². The van der Waals surface area contributed by atoms with Gasteiger partial charge in [0.05, 0.1) is 7.11 Å². The van der Waals surface area contributed by atoms with Crippen LogP contribution in [-0.4, -0.2) is 46.5 Å². The quantitative estimate of drug-likeness (QED) is 0.865. The summed E-state index contributed by atoms with van der Waals surface area (Å²) in [5, 5.41) is 3.10. The zero-order chi connectivity index (χ0) is 14.8. The van der Waals surface area contributed by atoms with Crippen molar-refractivity contribution in [2.24, 2.45) is 5.92 Å². The Labute approximate surface area is 128 Å². The Kier molecular flexibility index (Phi) is 5.06. The lowest BCUT2D eigenvalue weighted by atomic mass is 10.1. The van der Waals surface area contributed by atoms with Crippen LogP contribution in [-0.2, 0) is 10.0 Å². The molecular weight excluding hydrogens is 344 g/mol. The molecule has 1 heterocycles. The van der Waals surface area contributed by atoms with Crippen molar-refractivity contribution in [3.63, 3.8) is 0 Å². The van der Waals surface area contributed by atoms with Gasteiger partial charge in [-0.3, -0.25) is 0 Å². The fourth-order valence-corrected chi connectivity index (χ4v) is 4.89. The van der Waals surface area contributed by atoms with Crippen LogP contribution >= 0.6 is 15.9 Å². The van der Waals surface area contributed by atoms with Crippen LogP contribution in [0.2, 0.25) is 0 Å². The molecule has 0 saturated carbocycles. The second kappa shape index (κ2) is 6.43. The molecule has 112 valence electrons. The molecule has 0 aliphatic carbocycles. The van der Waals surface area contributed by atoms with Crippen molar-refractivity contribution in [1.82, 2.24) is 9.62 Å². The zero-order valence-corrected chi connectivity index (χ0v) is 14.0. The molecule has 0 aromatic heterocycles. The minimum absolute atomic E-state index is 0.266. The topological polar surface area (TPSA) is 58.6 Å². The molecule has 1 aromatic rings. The summed E-state index contributed by atoms with van der Waals surface area (Å²) in [6.07, 6.45) is 0.891.